The molecule has 0 radical (unpaired) electrons. The largest absolute Gasteiger partial charge is 0.406 e. The van der Waals surface area contributed by atoms with E-state index in [1.807, 2.05) is 12.1 Å². The molecule has 1 unspecified atom stereocenters. The second-order valence-corrected chi connectivity index (χ2v) is 10.9. The molecule has 4 aromatic rings. The number of ether oxygens (including phenoxy) is 1. The maximum absolute atomic E-state index is 14.3. The Bertz CT molecular complexity index is 1600. The zero-order chi connectivity index (χ0) is 29.9. The fourth-order valence-electron chi connectivity index (χ4n) is 4.66. The number of hydrogen-bond acceptors (Lipinski definition) is 11. The topological polar surface area (TPSA) is 176 Å². The molecule has 1 fully saturated rings. The van der Waals surface area contributed by atoms with Gasteiger partial charge in [-0.15, -0.1) is 5.10 Å². The molecule has 14 heteroatoms. The number of pyridine rings is 1. The minimum Gasteiger partial charge on any atom is -0.406 e. The number of aliphatic hydroxyl groups is 1. The van der Waals surface area contributed by atoms with Crippen LogP contribution in [0.1, 0.15) is 48.5 Å². The molecule has 1 atom stereocenters. The molecule has 13 nitrogen and oxygen atoms in total. The van der Waals surface area contributed by atoms with Crippen molar-refractivity contribution in [3.63, 3.8) is 0 Å². The Balaban J connectivity index is 1.31. The number of carbonyl (C=O) groups is 1. The monoisotopic (exact) mass is 577 g/mol. The van der Waals surface area contributed by atoms with Crippen LogP contribution in [0.4, 0.5) is 16.1 Å². The Hall–Kier alpha value is -4.61. The van der Waals surface area contributed by atoms with Crippen molar-refractivity contribution in [3.8, 4) is 17.5 Å². The van der Waals surface area contributed by atoms with Gasteiger partial charge in [-0.3, -0.25) is 9.78 Å². The lowest BCUT2D eigenvalue weighted by Gasteiger charge is -2.36. The van der Waals surface area contributed by atoms with Gasteiger partial charge in [0.25, 0.3) is 5.91 Å². The number of nitrogens with zero attached hydrogens (tertiary/aromatic N) is 6. The van der Waals surface area contributed by atoms with Crippen LogP contribution in [0.25, 0.3) is 16.9 Å². The van der Waals surface area contributed by atoms with Crippen LogP contribution >= 0.6 is 0 Å². The summed E-state index contributed by atoms with van der Waals surface area (Å²) in [5.41, 5.74) is 1.61. The highest BCUT2D eigenvalue weighted by atomic mass is 19.1. The summed E-state index contributed by atoms with van der Waals surface area (Å²) in [6, 6.07) is 9.66. The Morgan fingerprint density at radius 3 is 2.86 bits per heavy atom. The Labute approximate surface area is 241 Å². The number of alkyl halides is 1. The van der Waals surface area contributed by atoms with Crippen LogP contribution in [0.2, 0.25) is 0 Å². The van der Waals surface area contributed by atoms with E-state index in [1.54, 1.807) is 23.8 Å². The van der Waals surface area contributed by atoms with Crippen molar-refractivity contribution < 1.29 is 23.4 Å². The quantitative estimate of drug-likeness (QED) is 0.195. The number of halogens is 1. The van der Waals surface area contributed by atoms with E-state index >= 15 is 0 Å². The van der Waals surface area contributed by atoms with Crippen molar-refractivity contribution >= 4 is 23.1 Å². The van der Waals surface area contributed by atoms with E-state index in [1.165, 1.54) is 26.2 Å². The number of rotatable bonds is 12. The molecule has 4 heterocycles. The first-order valence-electron chi connectivity index (χ1n) is 13.5. The van der Waals surface area contributed by atoms with Crippen molar-refractivity contribution in [2.45, 2.75) is 51.1 Å². The summed E-state index contributed by atoms with van der Waals surface area (Å²) in [5.74, 6) is 0.220. The third-order valence-electron chi connectivity index (χ3n) is 7.12. The SMILES string of the molecule is COCc1nnc(NCC2CC(Nc3cc(-c4ccc5cc(C#N)cnn45)ncc3C(=O)NCC(F)C(C)(C)O)C2)o1. The van der Waals surface area contributed by atoms with Gasteiger partial charge in [0.05, 0.1) is 52.1 Å². The number of hydrogen-bond donors (Lipinski definition) is 4. The van der Waals surface area contributed by atoms with E-state index in [2.05, 4.69) is 42.3 Å². The molecule has 42 heavy (non-hydrogen) atoms. The molecule has 220 valence electrons. The first-order chi connectivity index (χ1) is 20.1. The molecule has 1 saturated carbocycles. The highest BCUT2D eigenvalue weighted by Gasteiger charge is 2.31. The van der Waals surface area contributed by atoms with Gasteiger partial charge in [0, 0.05) is 25.9 Å². The number of aromatic nitrogens is 5. The van der Waals surface area contributed by atoms with Crippen LogP contribution in [0.5, 0.6) is 0 Å². The van der Waals surface area contributed by atoms with Gasteiger partial charge in [0.15, 0.2) is 0 Å². The van der Waals surface area contributed by atoms with E-state index in [9.17, 15) is 19.6 Å². The number of methoxy groups -OCH3 is 1. The summed E-state index contributed by atoms with van der Waals surface area (Å²) in [6.45, 7) is 3.23. The smallest absolute Gasteiger partial charge is 0.315 e. The summed E-state index contributed by atoms with van der Waals surface area (Å²) in [5, 5.41) is 40.5. The molecule has 4 aromatic heterocycles. The van der Waals surface area contributed by atoms with Crippen molar-refractivity contribution in [1.82, 2.24) is 30.1 Å². The standard InChI is InChI=1S/C28H32FN9O4/c1-28(2,40)24(29)14-32-26(39)20-13-31-22(23-5-4-19-8-17(10-30)12-34-38(19)23)9-21(20)35-18-6-16(7-18)11-33-27-37-36-25(42-27)15-41-3/h4-5,8-9,12-13,16,18,24,40H,6-7,11,14-15H2,1-3H3,(H,31,35)(H,32,39)(H,33,37). The summed E-state index contributed by atoms with van der Waals surface area (Å²) in [7, 11) is 1.55. The molecular weight excluding hydrogens is 545 g/mol. The van der Waals surface area contributed by atoms with Crippen LogP contribution in [0, 0.1) is 17.2 Å². The van der Waals surface area contributed by atoms with Gasteiger partial charge in [-0.1, -0.05) is 5.10 Å². The summed E-state index contributed by atoms with van der Waals surface area (Å²) < 4.78 is 26.5. The summed E-state index contributed by atoms with van der Waals surface area (Å²) >= 11 is 0. The number of amides is 1. The van der Waals surface area contributed by atoms with E-state index in [4.69, 9.17) is 9.15 Å². The van der Waals surface area contributed by atoms with Gasteiger partial charge >= 0.3 is 6.01 Å². The van der Waals surface area contributed by atoms with E-state index in [0.29, 0.717) is 47.0 Å². The Morgan fingerprint density at radius 2 is 2.12 bits per heavy atom. The van der Waals surface area contributed by atoms with Crippen LogP contribution < -0.4 is 16.0 Å². The lowest BCUT2D eigenvalue weighted by molar-refractivity contribution is -0.00177. The van der Waals surface area contributed by atoms with Gasteiger partial charge < -0.3 is 30.2 Å². The van der Waals surface area contributed by atoms with E-state index in [-0.39, 0.29) is 24.8 Å². The van der Waals surface area contributed by atoms with Crippen LogP contribution in [0.3, 0.4) is 0 Å². The predicted molar refractivity (Wildman–Crippen MR) is 150 cm³/mol. The minimum absolute atomic E-state index is 0.0796. The minimum atomic E-state index is -1.65. The average Bonchev–Trinajstić information content (AvgIpc) is 3.58. The van der Waals surface area contributed by atoms with Gasteiger partial charge in [0.1, 0.15) is 18.8 Å². The molecule has 1 aliphatic rings. The highest BCUT2D eigenvalue weighted by molar-refractivity contribution is 6.00. The number of nitrogens with one attached hydrogen (secondary N) is 3. The normalized spacial score (nSPS) is 17.3. The van der Waals surface area contributed by atoms with Crippen molar-refractivity contribution in [3.05, 3.63) is 53.7 Å². The third kappa shape index (κ3) is 6.48. The molecule has 0 aromatic carbocycles. The Kier molecular flexibility index (Phi) is 8.32. The number of anilines is 2. The second kappa shape index (κ2) is 12.1. The zero-order valence-corrected chi connectivity index (χ0v) is 23.5. The lowest BCUT2D eigenvalue weighted by atomic mass is 9.80. The maximum Gasteiger partial charge on any atom is 0.315 e. The fraction of sp³-hybridized carbons (Fsp3) is 0.429. The first-order valence-corrected chi connectivity index (χ1v) is 13.5. The second-order valence-electron chi connectivity index (χ2n) is 10.9. The van der Waals surface area contributed by atoms with Crippen molar-refractivity contribution in [2.24, 2.45) is 5.92 Å². The predicted octanol–water partition coefficient (Wildman–Crippen LogP) is 2.94. The summed E-state index contributed by atoms with van der Waals surface area (Å²) in [6.07, 6.45) is 2.91. The lowest BCUT2D eigenvalue weighted by Crippen LogP contribution is -2.42. The van der Waals surface area contributed by atoms with Gasteiger partial charge in [-0.05, 0) is 56.9 Å². The van der Waals surface area contributed by atoms with Crippen LogP contribution in [0.15, 0.2) is 41.1 Å². The molecule has 0 saturated heterocycles. The third-order valence-corrected chi connectivity index (χ3v) is 7.12. The van der Waals surface area contributed by atoms with E-state index < -0.39 is 17.7 Å². The summed E-state index contributed by atoms with van der Waals surface area (Å²) in [4.78, 5) is 17.6. The number of carbonyl (C=O) groups excluding carboxylic acids is 1. The zero-order valence-electron chi connectivity index (χ0n) is 23.5. The molecule has 0 aliphatic heterocycles. The molecular formula is C28H32FN9O4. The molecule has 1 aliphatic carbocycles. The van der Waals surface area contributed by atoms with Crippen molar-refractivity contribution in [1.29, 1.82) is 5.26 Å². The Morgan fingerprint density at radius 1 is 1.31 bits per heavy atom. The van der Waals surface area contributed by atoms with Crippen molar-refractivity contribution in [2.75, 3.05) is 30.8 Å². The molecule has 1 amide bonds. The fourth-order valence-corrected chi connectivity index (χ4v) is 4.66. The number of nitriles is 1. The van der Waals surface area contributed by atoms with E-state index in [0.717, 1.165) is 18.4 Å². The molecule has 0 spiro atoms. The van der Waals surface area contributed by atoms with Gasteiger partial charge in [0.2, 0.25) is 5.89 Å². The van der Waals surface area contributed by atoms with Crippen LogP contribution in [-0.4, -0.2) is 73.8 Å². The van der Waals surface area contributed by atoms with Gasteiger partial charge in [-0.25, -0.2) is 8.91 Å². The average molecular weight is 578 g/mol. The maximum atomic E-state index is 14.3. The van der Waals surface area contributed by atoms with Gasteiger partial charge in [-0.2, -0.15) is 10.4 Å². The number of fused-ring (bicyclic) bond motifs is 1. The highest BCUT2D eigenvalue weighted by Crippen LogP contribution is 2.33. The molecule has 5 rings (SSSR count). The van der Waals surface area contributed by atoms with Crippen LogP contribution in [-0.2, 0) is 11.3 Å². The first kappa shape index (κ1) is 28.9. The molecule has 0 bridgehead atoms. The molecule has 4 N–H and O–H groups in total.